The highest BCUT2D eigenvalue weighted by Crippen LogP contribution is 2.47. The summed E-state index contributed by atoms with van der Waals surface area (Å²) in [6, 6.07) is 3.88. The minimum Gasteiger partial charge on any atom is -0.507 e. The molecule has 0 bridgehead atoms. The zero-order valence-electron chi connectivity index (χ0n) is 24.3. The molecule has 2 aliphatic rings. The van der Waals surface area contributed by atoms with Gasteiger partial charge in [-0.1, -0.05) is 37.5 Å². The molecule has 8 nitrogen and oxygen atoms in total. The van der Waals surface area contributed by atoms with E-state index in [1.54, 1.807) is 0 Å². The summed E-state index contributed by atoms with van der Waals surface area (Å²) in [7, 11) is 0. The highest BCUT2D eigenvalue weighted by molar-refractivity contribution is 6.05. The van der Waals surface area contributed by atoms with Crippen molar-refractivity contribution < 1.29 is 34.8 Å². The number of aliphatic hydroxyl groups excluding tert-OH is 2. The molecule has 220 valence electrons. The molecule has 1 aliphatic carbocycles. The van der Waals surface area contributed by atoms with E-state index in [9.17, 15) is 29.7 Å². The van der Waals surface area contributed by atoms with Crippen LogP contribution in [0, 0.1) is 31.6 Å². The number of likely N-dealkylation sites (tertiary alicyclic amines) is 1. The van der Waals surface area contributed by atoms with Crippen molar-refractivity contribution in [2.75, 3.05) is 13.2 Å². The first-order valence-electron chi connectivity index (χ1n) is 14.6. The van der Waals surface area contributed by atoms with Crippen molar-refractivity contribution in [3.63, 3.8) is 0 Å². The largest absolute Gasteiger partial charge is 0.507 e. The van der Waals surface area contributed by atoms with E-state index in [1.165, 1.54) is 4.90 Å². The van der Waals surface area contributed by atoms with Gasteiger partial charge in [-0.25, -0.2) is 0 Å². The molecule has 0 unspecified atom stereocenters. The molecule has 8 heteroatoms. The molecule has 1 fully saturated rings. The van der Waals surface area contributed by atoms with Crippen molar-refractivity contribution in [3.8, 4) is 5.75 Å². The minimum atomic E-state index is -0.860. The van der Waals surface area contributed by atoms with Gasteiger partial charge in [-0.15, -0.1) is 0 Å². The number of benzene rings is 1. The summed E-state index contributed by atoms with van der Waals surface area (Å²) in [6.07, 6.45) is 5.89. The summed E-state index contributed by atoms with van der Waals surface area (Å²) in [6.45, 7) is 7.72. The number of hydrogen-bond acceptors (Lipinski definition) is 6. The van der Waals surface area contributed by atoms with E-state index in [0.717, 1.165) is 34.3 Å². The second-order valence-electron chi connectivity index (χ2n) is 11.3. The van der Waals surface area contributed by atoms with Crippen LogP contribution < -0.4 is 0 Å². The van der Waals surface area contributed by atoms with Gasteiger partial charge in [0.25, 0.3) is 0 Å². The number of phenols is 1. The number of carboxylic acids is 1. The maximum atomic E-state index is 13.4. The van der Waals surface area contributed by atoms with Gasteiger partial charge >= 0.3 is 5.97 Å². The van der Waals surface area contributed by atoms with E-state index in [2.05, 4.69) is 13.0 Å². The Hall–Kier alpha value is -2.97. The van der Waals surface area contributed by atoms with Crippen LogP contribution in [0.25, 0.3) is 6.08 Å². The lowest BCUT2D eigenvalue weighted by molar-refractivity contribution is -0.141. The number of aryl methyl sites for hydroxylation is 2. The number of carbonyl (C=O) groups is 3. The van der Waals surface area contributed by atoms with Crippen LogP contribution >= 0.6 is 0 Å². The molecule has 1 saturated heterocycles. The molecule has 4 atom stereocenters. The lowest BCUT2D eigenvalue weighted by atomic mass is 9.67. The molecule has 1 aromatic carbocycles. The van der Waals surface area contributed by atoms with Crippen LogP contribution in [0.5, 0.6) is 5.75 Å². The molecule has 1 aromatic rings. The van der Waals surface area contributed by atoms with Crippen molar-refractivity contribution in [2.45, 2.75) is 91.6 Å². The standard InChI is InChI=1S/C32H45NO7/c1-5-21(16-22-14-19(3)30(38)20(4)15-22)11-12-26(35)28-23(6-2)17-24-29(25(28)18-34)32(40)33(31(24)39)13-9-7-8-10-27(36)37/h14-16,24-26,29,34-35,38H,5-13,17-18H2,1-4H3,(H,36,37)/b21-16+/t24-,25+,26-,29-/m1/s1. The first-order valence-corrected chi connectivity index (χ1v) is 14.6. The fourth-order valence-corrected chi connectivity index (χ4v) is 6.44. The van der Waals surface area contributed by atoms with Gasteiger partial charge < -0.3 is 20.4 Å². The molecule has 1 aliphatic heterocycles. The van der Waals surface area contributed by atoms with Gasteiger partial charge in [0.1, 0.15) is 5.75 Å². The topological polar surface area (TPSA) is 135 Å². The van der Waals surface area contributed by atoms with E-state index in [1.807, 2.05) is 32.9 Å². The van der Waals surface area contributed by atoms with Crippen molar-refractivity contribution in [1.82, 2.24) is 4.90 Å². The Morgan fingerprint density at radius 2 is 1.75 bits per heavy atom. The summed E-state index contributed by atoms with van der Waals surface area (Å²) >= 11 is 0. The molecule has 1 heterocycles. The number of fused-ring (bicyclic) bond motifs is 1. The number of rotatable bonds is 14. The molecule has 0 aromatic heterocycles. The number of unbranched alkanes of at least 4 members (excludes halogenated alkanes) is 2. The van der Waals surface area contributed by atoms with Crippen LogP contribution in [0.1, 0.15) is 88.3 Å². The average molecular weight is 556 g/mol. The first-order chi connectivity index (χ1) is 19.0. The molecule has 3 rings (SSSR count). The minimum absolute atomic E-state index is 0.0634. The molecule has 40 heavy (non-hydrogen) atoms. The third-order valence-electron chi connectivity index (χ3n) is 8.61. The van der Waals surface area contributed by atoms with Crippen LogP contribution in [0.2, 0.25) is 0 Å². The lowest BCUT2D eigenvalue weighted by Crippen LogP contribution is -2.39. The SMILES string of the molecule is CCC1=C([C@H](O)CC/C(=C/c2cc(C)c(O)c(C)c2)CC)[C@H](CO)[C@@H]2C(=O)N(CCCCCC(=O)O)C(=O)[C@@H]2C1. The smallest absolute Gasteiger partial charge is 0.303 e. The second kappa shape index (κ2) is 14.1. The Morgan fingerprint density at radius 3 is 2.33 bits per heavy atom. The zero-order chi connectivity index (χ0) is 29.6. The number of aliphatic carboxylic acids is 1. The van der Waals surface area contributed by atoms with Gasteiger partial charge in [-0.2, -0.15) is 0 Å². The predicted octanol–water partition coefficient (Wildman–Crippen LogP) is 4.91. The summed E-state index contributed by atoms with van der Waals surface area (Å²) in [5.74, 6) is -2.88. The number of nitrogens with zero attached hydrogens (tertiary/aromatic N) is 1. The number of carbonyl (C=O) groups excluding carboxylic acids is 2. The number of aromatic hydroxyl groups is 1. The van der Waals surface area contributed by atoms with Crippen molar-refractivity contribution in [2.24, 2.45) is 17.8 Å². The Bertz CT molecular complexity index is 1140. The fourth-order valence-electron chi connectivity index (χ4n) is 6.44. The quantitative estimate of drug-likeness (QED) is 0.146. The molecule has 4 N–H and O–H groups in total. The Kier molecular flexibility index (Phi) is 11.1. The van der Waals surface area contributed by atoms with E-state index >= 15 is 0 Å². The number of allylic oxidation sites excluding steroid dienone is 2. The fraction of sp³-hybridized carbons (Fsp3) is 0.594. The highest BCUT2D eigenvalue weighted by Gasteiger charge is 2.54. The number of carboxylic acid groups (broad SMARTS) is 1. The normalized spacial score (nSPS) is 22.2. The van der Waals surface area contributed by atoms with E-state index in [-0.39, 0.29) is 31.4 Å². The van der Waals surface area contributed by atoms with Crippen molar-refractivity contribution in [1.29, 1.82) is 0 Å². The van der Waals surface area contributed by atoms with E-state index < -0.39 is 29.8 Å². The molecule has 0 radical (unpaired) electrons. The predicted molar refractivity (Wildman–Crippen MR) is 153 cm³/mol. The zero-order valence-corrected chi connectivity index (χ0v) is 24.3. The lowest BCUT2D eigenvalue weighted by Gasteiger charge is -2.36. The van der Waals surface area contributed by atoms with Gasteiger partial charge in [0, 0.05) is 18.9 Å². The molecular weight excluding hydrogens is 510 g/mol. The third-order valence-corrected chi connectivity index (χ3v) is 8.61. The maximum absolute atomic E-state index is 13.4. The maximum Gasteiger partial charge on any atom is 0.303 e. The van der Waals surface area contributed by atoms with Gasteiger partial charge in [-0.05, 0) is 93.2 Å². The molecule has 0 spiro atoms. The summed E-state index contributed by atoms with van der Waals surface area (Å²) in [5, 5.41) is 40.8. The summed E-state index contributed by atoms with van der Waals surface area (Å²) in [5.41, 5.74) is 5.43. The average Bonchev–Trinajstić information content (AvgIpc) is 3.16. The Morgan fingerprint density at radius 1 is 1.07 bits per heavy atom. The first kappa shape index (κ1) is 31.6. The number of hydrogen-bond donors (Lipinski definition) is 4. The van der Waals surface area contributed by atoms with Gasteiger partial charge in [0.2, 0.25) is 11.8 Å². The Labute approximate surface area is 237 Å². The summed E-state index contributed by atoms with van der Waals surface area (Å²) < 4.78 is 0. The number of amides is 2. The highest BCUT2D eigenvalue weighted by atomic mass is 16.4. The van der Waals surface area contributed by atoms with E-state index in [4.69, 9.17) is 5.11 Å². The second-order valence-corrected chi connectivity index (χ2v) is 11.3. The third kappa shape index (κ3) is 7.02. The number of aliphatic hydroxyl groups is 2. The van der Waals surface area contributed by atoms with Crippen LogP contribution in [0.4, 0.5) is 0 Å². The number of imide groups is 1. The van der Waals surface area contributed by atoms with Gasteiger partial charge in [0.15, 0.2) is 0 Å². The van der Waals surface area contributed by atoms with Crippen LogP contribution in [0.3, 0.4) is 0 Å². The van der Waals surface area contributed by atoms with Gasteiger partial charge in [0.05, 0.1) is 24.5 Å². The Balaban J connectivity index is 1.74. The van der Waals surface area contributed by atoms with Crippen molar-refractivity contribution >= 4 is 23.9 Å². The molecule has 0 saturated carbocycles. The van der Waals surface area contributed by atoms with Crippen LogP contribution in [0.15, 0.2) is 28.9 Å². The number of phenolic OH excluding ortho intramolecular Hbond substituents is 1. The van der Waals surface area contributed by atoms with Crippen LogP contribution in [-0.4, -0.2) is 62.4 Å². The van der Waals surface area contributed by atoms with Crippen molar-refractivity contribution in [3.05, 3.63) is 45.5 Å². The molecule has 2 amide bonds. The summed E-state index contributed by atoms with van der Waals surface area (Å²) in [4.78, 5) is 38.7. The monoisotopic (exact) mass is 555 g/mol. The van der Waals surface area contributed by atoms with Crippen LogP contribution in [-0.2, 0) is 14.4 Å². The van der Waals surface area contributed by atoms with Gasteiger partial charge in [-0.3, -0.25) is 19.3 Å². The van der Waals surface area contributed by atoms with E-state index in [0.29, 0.717) is 56.3 Å². The molecular formula is C32H45NO7.